The third-order valence-electron chi connectivity index (χ3n) is 4.72. The summed E-state index contributed by atoms with van der Waals surface area (Å²) in [6, 6.07) is 0. The van der Waals surface area contributed by atoms with Gasteiger partial charge in [0.2, 0.25) is 0 Å². The lowest BCUT2D eigenvalue weighted by atomic mass is 10.1. The maximum absolute atomic E-state index is 11.3. The molecular formula is C20H39NO3. The van der Waals surface area contributed by atoms with Crippen molar-refractivity contribution >= 4 is 5.97 Å². The van der Waals surface area contributed by atoms with Gasteiger partial charge in [0.05, 0.1) is 19.6 Å². The third kappa shape index (κ3) is 9.96. The van der Waals surface area contributed by atoms with Crippen LogP contribution in [0.5, 0.6) is 0 Å². The number of carbonyl (C=O) groups excluding carboxylic acids is 1. The first-order chi connectivity index (χ1) is 11.4. The molecule has 0 aromatic rings. The summed E-state index contributed by atoms with van der Waals surface area (Å²) in [5, 5.41) is 21.7. The lowest BCUT2D eigenvalue weighted by Gasteiger charge is -2.41. The zero-order valence-electron chi connectivity index (χ0n) is 16.4. The number of carboxylic acids is 1. The van der Waals surface area contributed by atoms with E-state index in [0.717, 1.165) is 51.6 Å². The number of hydrogen-bond acceptors (Lipinski definition) is 3. The number of nitrogens with zero attached hydrogens (tertiary/aromatic N) is 1. The van der Waals surface area contributed by atoms with Crippen LogP contribution in [0.1, 0.15) is 79.1 Å². The fourth-order valence-electron chi connectivity index (χ4n) is 3.23. The molecule has 142 valence electrons. The van der Waals surface area contributed by atoms with E-state index in [4.69, 9.17) is 0 Å². The van der Waals surface area contributed by atoms with Crippen LogP contribution in [0, 0.1) is 5.92 Å². The van der Waals surface area contributed by atoms with Crippen LogP contribution in [0.25, 0.3) is 0 Å². The molecule has 0 saturated carbocycles. The smallest absolute Gasteiger partial charge is 0.143 e. The number of carboxylic acid groups (broad SMARTS) is 1. The minimum Gasteiger partial charge on any atom is -0.550 e. The quantitative estimate of drug-likeness (QED) is 0.280. The Kier molecular flexibility index (Phi) is 12.7. The largest absolute Gasteiger partial charge is 0.550 e. The summed E-state index contributed by atoms with van der Waals surface area (Å²) in [4.78, 5) is 11.3. The number of carbonyl (C=O) groups is 1. The van der Waals surface area contributed by atoms with Crippen LogP contribution < -0.4 is 5.11 Å². The van der Waals surface area contributed by atoms with Crippen molar-refractivity contribution in [3.05, 3.63) is 11.8 Å². The third-order valence-corrected chi connectivity index (χ3v) is 4.72. The van der Waals surface area contributed by atoms with Gasteiger partial charge in [-0.15, -0.1) is 0 Å². The molecule has 0 aliphatic heterocycles. The predicted molar refractivity (Wildman–Crippen MR) is 98.6 cm³/mol. The van der Waals surface area contributed by atoms with Crippen molar-refractivity contribution in [2.45, 2.75) is 79.1 Å². The fraction of sp³-hybridized carbons (Fsp3) is 0.850. The van der Waals surface area contributed by atoms with E-state index >= 15 is 0 Å². The molecule has 0 aliphatic rings. The highest BCUT2D eigenvalue weighted by Gasteiger charge is 2.30. The lowest BCUT2D eigenvalue weighted by Crippen LogP contribution is -2.55. The topological polar surface area (TPSA) is 60.4 Å². The zero-order valence-corrected chi connectivity index (χ0v) is 16.4. The molecule has 0 heterocycles. The van der Waals surface area contributed by atoms with Crippen molar-refractivity contribution in [3.63, 3.8) is 0 Å². The monoisotopic (exact) mass is 341 g/mol. The molecule has 4 heteroatoms. The van der Waals surface area contributed by atoms with Gasteiger partial charge in [0.25, 0.3) is 0 Å². The molecule has 0 aliphatic carbocycles. The maximum Gasteiger partial charge on any atom is 0.143 e. The van der Waals surface area contributed by atoms with E-state index in [1.54, 1.807) is 6.92 Å². The Morgan fingerprint density at radius 2 is 1.58 bits per heavy atom. The zero-order chi connectivity index (χ0) is 18.4. The summed E-state index contributed by atoms with van der Waals surface area (Å²) in [6.07, 6.45) is 10.5. The Bertz CT molecular complexity index is 358. The summed E-state index contributed by atoms with van der Waals surface area (Å²) in [5.74, 6) is -1.06. The lowest BCUT2D eigenvalue weighted by molar-refractivity contribution is -0.927. The Balaban J connectivity index is 5.10. The second kappa shape index (κ2) is 13.3. The standard InChI is InChI=1S/C20H39NO3/c1-5-8-11-12-13-19(22)17-21(14-9-6-2,15-10-7-3)16-18(4)20(23)24/h13,18H,5-12,14-17H2,1-4H3,(H-,22,23,24)/b19-13-. The second-order valence-electron chi connectivity index (χ2n) is 7.25. The maximum atomic E-state index is 11.3. The highest BCUT2D eigenvalue weighted by molar-refractivity contribution is 5.67. The van der Waals surface area contributed by atoms with Crippen LogP contribution in [-0.4, -0.2) is 41.7 Å². The molecule has 0 saturated heterocycles. The van der Waals surface area contributed by atoms with E-state index in [0.29, 0.717) is 23.3 Å². The van der Waals surface area contributed by atoms with Gasteiger partial charge in [0.15, 0.2) is 0 Å². The molecule has 0 aromatic carbocycles. The number of aliphatic hydroxyl groups excluding tert-OH is 1. The molecule has 1 atom stereocenters. The predicted octanol–water partition coefficient (Wildman–Crippen LogP) is 3.81. The van der Waals surface area contributed by atoms with Crippen molar-refractivity contribution in [2.24, 2.45) is 5.92 Å². The SMILES string of the molecule is CCCCC/C=C(\O)C[N+](CCCC)(CCCC)CC(C)C(=O)[O-]. The number of unbranched alkanes of at least 4 members (excludes halogenated alkanes) is 5. The normalized spacial score (nSPS) is 13.9. The first-order valence-corrected chi connectivity index (χ1v) is 9.84. The van der Waals surface area contributed by atoms with Gasteiger partial charge in [-0.2, -0.15) is 0 Å². The van der Waals surface area contributed by atoms with Crippen molar-refractivity contribution in [3.8, 4) is 0 Å². The first kappa shape index (κ1) is 23.0. The molecule has 0 amide bonds. The highest BCUT2D eigenvalue weighted by Crippen LogP contribution is 2.19. The summed E-state index contributed by atoms with van der Waals surface area (Å²) in [7, 11) is 0. The summed E-state index contributed by atoms with van der Waals surface area (Å²) in [6.45, 7) is 11.1. The summed E-state index contributed by atoms with van der Waals surface area (Å²) >= 11 is 0. The van der Waals surface area contributed by atoms with Gasteiger partial charge in [0, 0.05) is 11.9 Å². The Labute approximate surface area is 149 Å². The van der Waals surface area contributed by atoms with Gasteiger partial charge < -0.3 is 19.5 Å². The molecule has 0 fully saturated rings. The van der Waals surface area contributed by atoms with E-state index < -0.39 is 11.9 Å². The van der Waals surface area contributed by atoms with Gasteiger partial charge in [-0.25, -0.2) is 0 Å². The van der Waals surface area contributed by atoms with Crippen LogP contribution >= 0.6 is 0 Å². The minimum absolute atomic E-state index is 0.420. The summed E-state index contributed by atoms with van der Waals surface area (Å²) < 4.78 is 0.660. The van der Waals surface area contributed by atoms with E-state index in [1.165, 1.54) is 12.8 Å². The molecule has 0 aromatic heterocycles. The highest BCUT2D eigenvalue weighted by atomic mass is 16.4. The second-order valence-corrected chi connectivity index (χ2v) is 7.25. The van der Waals surface area contributed by atoms with Gasteiger partial charge in [-0.05, 0) is 31.8 Å². The molecular weight excluding hydrogens is 302 g/mol. The molecule has 0 rings (SSSR count). The Hall–Kier alpha value is -1.03. The molecule has 0 bridgehead atoms. The Morgan fingerprint density at radius 1 is 1.04 bits per heavy atom. The fourth-order valence-corrected chi connectivity index (χ4v) is 3.23. The minimum atomic E-state index is -0.989. The molecule has 1 unspecified atom stereocenters. The van der Waals surface area contributed by atoms with Crippen LogP contribution in [0.15, 0.2) is 11.8 Å². The first-order valence-electron chi connectivity index (χ1n) is 9.84. The average Bonchev–Trinajstić information content (AvgIpc) is 2.54. The van der Waals surface area contributed by atoms with Crippen molar-refractivity contribution in [1.29, 1.82) is 0 Å². The van der Waals surface area contributed by atoms with Crippen LogP contribution in [-0.2, 0) is 4.79 Å². The van der Waals surface area contributed by atoms with E-state index in [1.807, 2.05) is 6.08 Å². The van der Waals surface area contributed by atoms with Crippen LogP contribution in [0.4, 0.5) is 0 Å². The van der Waals surface area contributed by atoms with E-state index in [2.05, 4.69) is 20.8 Å². The number of aliphatic hydroxyl groups is 1. The van der Waals surface area contributed by atoms with Gasteiger partial charge in [-0.3, -0.25) is 0 Å². The van der Waals surface area contributed by atoms with Crippen molar-refractivity contribution < 1.29 is 19.5 Å². The van der Waals surface area contributed by atoms with Gasteiger partial charge in [0.1, 0.15) is 12.3 Å². The van der Waals surface area contributed by atoms with Gasteiger partial charge in [-0.1, -0.05) is 53.4 Å². The van der Waals surface area contributed by atoms with E-state index in [9.17, 15) is 15.0 Å². The number of rotatable bonds is 15. The van der Waals surface area contributed by atoms with Gasteiger partial charge >= 0.3 is 0 Å². The molecule has 0 spiro atoms. The molecule has 0 radical (unpaired) electrons. The molecule has 24 heavy (non-hydrogen) atoms. The number of allylic oxidation sites excluding steroid dienone is 1. The number of aliphatic carboxylic acids is 1. The van der Waals surface area contributed by atoms with E-state index in [-0.39, 0.29) is 0 Å². The number of hydrogen-bond donors (Lipinski definition) is 1. The molecule has 4 nitrogen and oxygen atoms in total. The average molecular weight is 342 g/mol. The molecule has 1 N–H and O–H groups in total. The van der Waals surface area contributed by atoms with Crippen molar-refractivity contribution in [1.82, 2.24) is 0 Å². The van der Waals surface area contributed by atoms with Crippen LogP contribution in [0.3, 0.4) is 0 Å². The van der Waals surface area contributed by atoms with Crippen molar-refractivity contribution in [2.75, 3.05) is 26.2 Å². The number of quaternary nitrogens is 1. The Morgan fingerprint density at radius 3 is 2.04 bits per heavy atom. The van der Waals surface area contributed by atoms with Crippen LogP contribution in [0.2, 0.25) is 0 Å². The summed E-state index contributed by atoms with van der Waals surface area (Å²) in [5.41, 5.74) is 0.